The predicted octanol–water partition coefficient (Wildman–Crippen LogP) is 6.19. The van der Waals surface area contributed by atoms with Crippen molar-refractivity contribution in [2.75, 3.05) is 19.6 Å². The number of rotatable bonds is 7. The molecule has 1 radical (unpaired) electrons. The van der Waals surface area contributed by atoms with Gasteiger partial charge >= 0.3 is 0 Å². The molecule has 0 spiro atoms. The van der Waals surface area contributed by atoms with Crippen LogP contribution in [-0.2, 0) is 19.5 Å². The second-order valence-electron chi connectivity index (χ2n) is 8.71. The molecule has 0 saturated carbocycles. The third-order valence-corrected chi connectivity index (χ3v) is 6.50. The van der Waals surface area contributed by atoms with Crippen molar-refractivity contribution in [3.8, 4) is 0 Å². The van der Waals surface area contributed by atoms with Gasteiger partial charge in [-0.15, -0.1) is 25.5 Å². The van der Waals surface area contributed by atoms with E-state index in [9.17, 15) is 4.79 Å². The summed E-state index contributed by atoms with van der Waals surface area (Å²) >= 11 is 0. The first kappa shape index (κ1) is 27.0. The summed E-state index contributed by atoms with van der Waals surface area (Å²) in [5.74, 6) is 1.09. The standard InChI is InChI=1S/C26H33N2O.Ac.ClH/c29-26(10-4-8-21-13-15-27-16-14-21)24-12-11-23-9-5-17-28(20-25(23)18-24)19-22-6-2-1-3-7-22;;/h1-3,6-7,11-12,18,21H,4-5,8-10,13-17,19-20H2;;1H/q-1;;. The number of aryl methyl sites for hydroxylation is 1. The molecule has 2 aromatic carbocycles. The number of hydrogen-bond donors (Lipinski definition) is 0. The number of piperidine rings is 1. The van der Waals surface area contributed by atoms with E-state index in [0.29, 0.717) is 12.2 Å². The van der Waals surface area contributed by atoms with Gasteiger partial charge in [-0.05, 0) is 54.5 Å². The van der Waals surface area contributed by atoms with Crippen LogP contribution >= 0.6 is 12.4 Å². The van der Waals surface area contributed by atoms with Crippen LogP contribution < -0.4 is 0 Å². The van der Waals surface area contributed by atoms with E-state index in [-0.39, 0.29) is 56.5 Å². The summed E-state index contributed by atoms with van der Waals surface area (Å²) in [4.78, 5) is 15.3. The van der Waals surface area contributed by atoms with Gasteiger partial charge in [-0.2, -0.15) is 0 Å². The number of nitrogens with zero attached hydrogens (tertiary/aromatic N) is 2. The fourth-order valence-corrected chi connectivity index (χ4v) is 4.77. The summed E-state index contributed by atoms with van der Waals surface area (Å²) in [6.45, 7) is 5.06. The maximum Gasteiger partial charge on any atom is 0.162 e. The Morgan fingerprint density at radius 2 is 1.81 bits per heavy atom. The number of fused-ring (bicyclic) bond motifs is 1. The minimum Gasteiger partial charge on any atom is -0.662 e. The zero-order chi connectivity index (χ0) is 19.9. The quantitative estimate of drug-likeness (QED) is 0.335. The van der Waals surface area contributed by atoms with Gasteiger partial charge in [0.25, 0.3) is 0 Å². The Kier molecular flexibility index (Phi) is 12.3. The van der Waals surface area contributed by atoms with E-state index in [2.05, 4.69) is 58.7 Å². The van der Waals surface area contributed by atoms with Crippen molar-refractivity contribution in [1.82, 2.24) is 4.90 Å². The molecule has 0 amide bonds. The Balaban J connectivity index is 0.00000171. The van der Waals surface area contributed by atoms with E-state index in [1.54, 1.807) is 0 Å². The zero-order valence-corrected chi connectivity index (χ0v) is 24.0. The molecule has 2 aliphatic rings. The number of benzene rings is 2. The van der Waals surface area contributed by atoms with Gasteiger partial charge in [0.05, 0.1) is 0 Å². The maximum atomic E-state index is 12.8. The van der Waals surface area contributed by atoms with Gasteiger partial charge in [-0.3, -0.25) is 9.69 Å². The van der Waals surface area contributed by atoms with Crippen molar-refractivity contribution in [3.05, 3.63) is 76.1 Å². The zero-order valence-electron chi connectivity index (χ0n) is 18.5. The van der Waals surface area contributed by atoms with Crippen LogP contribution in [-0.4, -0.2) is 30.3 Å². The molecule has 3 nitrogen and oxygen atoms in total. The average Bonchev–Trinajstić information content (AvgIpc) is 2.96. The van der Waals surface area contributed by atoms with Crippen molar-refractivity contribution in [3.63, 3.8) is 0 Å². The Morgan fingerprint density at radius 1 is 1.03 bits per heavy atom. The van der Waals surface area contributed by atoms with Crippen LogP contribution in [0.3, 0.4) is 0 Å². The van der Waals surface area contributed by atoms with Crippen molar-refractivity contribution in [1.29, 1.82) is 0 Å². The maximum absolute atomic E-state index is 12.8. The molecule has 2 heterocycles. The van der Waals surface area contributed by atoms with Gasteiger partial charge in [0, 0.05) is 69.1 Å². The smallest absolute Gasteiger partial charge is 0.162 e. The van der Waals surface area contributed by atoms with Crippen LogP contribution in [0.25, 0.3) is 5.32 Å². The predicted molar refractivity (Wildman–Crippen MR) is 127 cm³/mol. The molecule has 5 heteroatoms. The largest absolute Gasteiger partial charge is 0.662 e. The summed E-state index contributed by atoms with van der Waals surface area (Å²) in [6.07, 6.45) is 7.59. The monoisotopic (exact) mass is 652 g/mol. The SMILES string of the molecule is Cl.O=C(CCCC1CC[N-]CC1)c1ccc2c(c1)CN(Cc1ccccc1)CCC2.[Ac]. The van der Waals surface area contributed by atoms with Gasteiger partial charge in [0.2, 0.25) is 0 Å². The molecule has 0 aliphatic carbocycles. The summed E-state index contributed by atoms with van der Waals surface area (Å²) in [5.41, 5.74) is 5.03. The third kappa shape index (κ3) is 8.24. The minimum atomic E-state index is 0. The number of Topliss-reactive ketones (excluding diaryl/α,β-unsaturated/α-hetero) is 1. The molecule has 1 fully saturated rings. The van der Waals surface area contributed by atoms with Gasteiger partial charge in [0.15, 0.2) is 5.78 Å². The summed E-state index contributed by atoms with van der Waals surface area (Å²) in [5, 5.41) is 4.43. The van der Waals surface area contributed by atoms with Gasteiger partial charge in [-0.1, -0.05) is 61.7 Å². The molecule has 0 atom stereocenters. The summed E-state index contributed by atoms with van der Waals surface area (Å²) in [6, 6.07) is 17.1. The molecule has 0 aromatic heterocycles. The first-order chi connectivity index (χ1) is 14.3. The van der Waals surface area contributed by atoms with Crippen LogP contribution in [0.2, 0.25) is 0 Å². The second-order valence-corrected chi connectivity index (χ2v) is 8.71. The number of halogens is 1. The Labute approximate surface area is 229 Å². The summed E-state index contributed by atoms with van der Waals surface area (Å²) < 4.78 is 0. The molecule has 1 saturated heterocycles. The molecule has 165 valence electrons. The fraction of sp³-hybridized carbons (Fsp3) is 0.500. The minimum absolute atomic E-state index is 0. The van der Waals surface area contributed by atoms with Crippen molar-refractivity contribution >= 4 is 18.2 Å². The molecular formula is C26H34AcClN2O-. The van der Waals surface area contributed by atoms with E-state index in [1.165, 1.54) is 42.4 Å². The third-order valence-electron chi connectivity index (χ3n) is 6.50. The molecule has 0 unspecified atom stereocenters. The molecular weight excluding hydrogens is 619 g/mol. The Hall–Kier alpha value is -0.238. The van der Waals surface area contributed by atoms with Gasteiger partial charge in [-0.25, -0.2) is 0 Å². The van der Waals surface area contributed by atoms with E-state index >= 15 is 0 Å². The Bertz CT molecular complexity index is 808. The topological polar surface area (TPSA) is 34.4 Å². The number of ketones is 1. The van der Waals surface area contributed by atoms with Crippen LogP contribution in [0.1, 0.15) is 65.6 Å². The van der Waals surface area contributed by atoms with Gasteiger partial charge < -0.3 is 5.32 Å². The van der Waals surface area contributed by atoms with Gasteiger partial charge in [0.1, 0.15) is 0 Å². The number of hydrogen-bond acceptors (Lipinski definition) is 2. The molecule has 0 N–H and O–H groups in total. The van der Waals surface area contributed by atoms with Crippen molar-refractivity contribution in [2.24, 2.45) is 5.92 Å². The van der Waals surface area contributed by atoms with Crippen LogP contribution in [0.15, 0.2) is 48.5 Å². The van der Waals surface area contributed by atoms with Crippen LogP contribution in [0.5, 0.6) is 0 Å². The average molecular weight is 653 g/mol. The van der Waals surface area contributed by atoms with Crippen molar-refractivity contribution in [2.45, 2.75) is 58.0 Å². The van der Waals surface area contributed by atoms with Crippen LogP contribution in [0.4, 0.5) is 0 Å². The van der Waals surface area contributed by atoms with Crippen molar-refractivity contribution < 1.29 is 48.9 Å². The summed E-state index contributed by atoms with van der Waals surface area (Å²) in [7, 11) is 0. The fourth-order valence-electron chi connectivity index (χ4n) is 4.77. The van der Waals surface area contributed by atoms with E-state index in [1.807, 2.05) is 0 Å². The van der Waals surface area contributed by atoms with E-state index in [0.717, 1.165) is 57.0 Å². The molecule has 0 bridgehead atoms. The van der Waals surface area contributed by atoms with Crippen LogP contribution in [0, 0.1) is 50.0 Å². The normalized spacial score (nSPS) is 17.0. The molecule has 4 rings (SSSR count). The van der Waals surface area contributed by atoms with E-state index in [4.69, 9.17) is 0 Å². The molecule has 2 aliphatic heterocycles. The number of carbonyl (C=O) groups excluding carboxylic acids is 1. The molecule has 31 heavy (non-hydrogen) atoms. The number of carbonyl (C=O) groups is 1. The first-order valence-electron chi connectivity index (χ1n) is 11.3. The first-order valence-corrected chi connectivity index (χ1v) is 11.3. The van der Waals surface area contributed by atoms with E-state index < -0.39 is 0 Å². The molecule has 2 aromatic rings. The second kappa shape index (κ2) is 14.1. The Morgan fingerprint density at radius 3 is 2.58 bits per heavy atom.